The SMILES string of the molecule is CC(C)(C)CN(C(=O)C1C=CC(Cl)=CC1(C)Cl)C1CCNC1. The lowest BCUT2D eigenvalue weighted by Gasteiger charge is -2.39. The minimum Gasteiger partial charge on any atom is -0.337 e. The van der Waals surface area contributed by atoms with Crippen molar-refractivity contribution in [1.82, 2.24) is 10.2 Å². The Hall–Kier alpha value is -0.510. The second-order valence-corrected chi connectivity index (χ2v) is 8.94. The van der Waals surface area contributed by atoms with E-state index in [4.69, 9.17) is 23.2 Å². The molecular formula is C17H26Cl2N2O. The van der Waals surface area contributed by atoms with Gasteiger partial charge in [-0.05, 0) is 37.5 Å². The van der Waals surface area contributed by atoms with Crippen LogP contribution in [0.3, 0.4) is 0 Å². The minimum absolute atomic E-state index is 0.0484. The number of nitrogens with zero attached hydrogens (tertiary/aromatic N) is 1. The predicted molar refractivity (Wildman–Crippen MR) is 93.3 cm³/mol. The normalized spacial score (nSPS) is 32.0. The van der Waals surface area contributed by atoms with Gasteiger partial charge in [-0.15, -0.1) is 11.6 Å². The number of alkyl halides is 1. The molecular weight excluding hydrogens is 319 g/mol. The number of halogens is 2. The zero-order valence-corrected chi connectivity index (χ0v) is 15.3. The number of nitrogens with one attached hydrogen (secondary N) is 1. The summed E-state index contributed by atoms with van der Waals surface area (Å²) in [6, 6.07) is 0.244. The molecule has 22 heavy (non-hydrogen) atoms. The van der Waals surface area contributed by atoms with E-state index in [9.17, 15) is 4.79 Å². The topological polar surface area (TPSA) is 32.3 Å². The summed E-state index contributed by atoms with van der Waals surface area (Å²) in [5.41, 5.74) is 0.0484. The predicted octanol–water partition coefficient (Wildman–Crippen LogP) is 3.53. The van der Waals surface area contributed by atoms with Gasteiger partial charge in [0, 0.05) is 24.2 Å². The zero-order valence-electron chi connectivity index (χ0n) is 13.8. The average Bonchev–Trinajstić information content (AvgIpc) is 2.86. The highest BCUT2D eigenvalue weighted by Crippen LogP contribution is 2.36. The van der Waals surface area contributed by atoms with E-state index in [1.54, 1.807) is 12.2 Å². The number of rotatable bonds is 3. The second-order valence-electron chi connectivity index (χ2n) is 7.69. The van der Waals surface area contributed by atoms with E-state index in [0.717, 1.165) is 26.1 Å². The molecule has 0 bridgehead atoms. The van der Waals surface area contributed by atoms with Crippen molar-refractivity contribution in [1.29, 1.82) is 0 Å². The lowest BCUT2D eigenvalue weighted by Crippen LogP contribution is -2.51. The van der Waals surface area contributed by atoms with Crippen molar-refractivity contribution in [2.24, 2.45) is 11.3 Å². The maximum Gasteiger partial charge on any atom is 0.231 e. The Morgan fingerprint density at radius 2 is 2.18 bits per heavy atom. The fourth-order valence-electron chi connectivity index (χ4n) is 3.09. The molecule has 0 aromatic carbocycles. The van der Waals surface area contributed by atoms with Crippen LogP contribution in [0.25, 0.3) is 0 Å². The molecule has 0 radical (unpaired) electrons. The average molecular weight is 345 g/mol. The van der Waals surface area contributed by atoms with E-state index in [1.165, 1.54) is 0 Å². The van der Waals surface area contributed by atoms with Crippen LogP contribution in [0.1, 0.15) is 34.1 Å². The number of carbonyl (C=O) groups is 1. The quantitative estimate of drug-likeness (QED) is 0.794. The first-order valence-corrected chi connectivity index (χ1v) is 8.62. The lowest BCUT2D eigenvalue weighted by molar-refractivity contribution is -0.138. The Labute approximate surface area is 143 Å². The summed E-state index contributed by atoms with van der Waals surface area (Å²) in [6.45, 7) is 10.9. The maximum absolute atomic E-state index is 13.2. The van der Waals surface area contributed by atoms with Gasteiger partial charge in [0.1, 0.15) is 0 Å². The maximum atomic E-state index is 13.2. The van der Waals surface area contributed by atoms with E-state index < -0.39 is 4.87 Å². The molecule has 0 spiro atoms. The third kappa shape index (κ3) is 4.27. The van der Waals surface area contributed by atoms with Crippen LogP contribution in [0, 0.1) is 11.3 Å². The van der Waals surface area contributed by atoms with Gasteiger partial charge in [-0.25, -0.2) is 0 Å². The summed E-state index contributed by atoms with van der Waals surface area (Å²) in [4.78, 5) is 14.4. The molecule has 3 unspecified atom stereocenters. The van der Waals surface area contributed by atoms with Crippen molar-refractivity contribution >= 4 is 29.1 Å². The number of hydrogen-bond donors (Lipinski definition) is 1. The molecule has 5 heteroatoms. The summed E-state index contributed by atoms with van der Waals surface area (Å²) in [6.07, 6.45) is 6.38. The number of amides is 1. The van der Waals surface area contributed by atoms with Crippen molar-refractivity contribution in [3.63, 3.8) is 0 Å². The molecule has 1 N–H and O–H groups in total. The molecule has 1 aliphatic carbocycles. The van der Waals surface area contributed by atoms with E-state index in [2.05, 4.69) is 26.1 Å². The van der Waals surface area contributed by atoms with Crippen molar-refractivity contribution in [2.75, 3.05) is 19.6 Å². The summed E-state index contributed by atoms with van der Waals surface area (Å²) in [5, 5.41) is 3.94. The monoisotopic (exact) mass is 344 g/mol. The van der Waals surface area contributed by atoms with Crippen LogP contribution in [-0.4, -0.2) is 41.4 Å². The van der Waals surface area contributed by atoms with Gasteiger partial charge >= 0.3 is 0 Å². The molecule has 1 heterocycles. The third-order valence-corrected chi connectivity index (χ3v) is 4.72. The minimum atomic E-state index is -0.773. The first-order chi connectivity index (χ1) is 10.1. The van der Waals surface area contributed by atoms with Gasteiger partial charge in [0.15, 0.2) is 0 Å². The van der Waals surface area contributed by atoms with Gasteiger partial charge < -0.3 is 10.2 Å². The fourth-order valence-corrected chi connectivity index (χ4v) is 3.73. The summed E-state index contributed by atoms with van der Waals surface area (Å²) < 4.78 is 0. The van der Waals surface area contributed by atoms with Crippen LogP contribution in [0.15, 0.2) is 23.3 Å². The Bertz CT molecular complexity index is 485. The van der Waals surface area contributed by atoms with E-state index in [0.29, 0.717) is 5.03 Å². The van der Waals surface area contributed by atoms with Crippen LogP contribution >= 0.6 is 23.2 Å². The molecule has 1 amide bonds. The molecule has 0 saturated carbocycles. The first kappa shape index (κ1) is 17.8. The van der Waals surface area contributed by atoms with Crippen molar-refractivity contribution in [2.45, 2.75) is 45.0 Å². The van der Waals surface area contributed by atoms with Gasteiger partial charge in [0.2, 0.25) is 5.91 Å². The van der Waals surface area contributed by atoms with Crippen molar-refractivity contribution < 1.29 is 4.79 Å². The van der Waals surface area contributed by atoms with Crippen molar-refractivity contribution in [3.8, 4) is 0 Å². The third-order valence-electron chi connectivity index (χ3n) is 4.15. The smallest absolute Gasteiger partial charge is 0.231 e. The summed E-state index contributed by atoms with van der Waals surface area (Å²) >= 11 is 12.6. The van der Waals surface area contributed by atoms with Crippen molar-refractivity contribution in [3.05, 3.63) is 23.3 Å². The molecule has 1 fully saturated rings. The van der Waals surface area contributed by atoms with E-state index in [1.807, 2.05) is 17.9 Å². The van der Waals surface area contributed by atoms with Crippen LogP contribution in [-0.2, 0) is 4.79 Å². The zero-order chi connectivity index (χ0) is 16.5. The Morgan fingerprint density at radius 3 is 2.68 bits per heavy atom. The highest BCUT2D eigenvalue weighted by atomic mass is 35.5. The number of carbonyl (C=O) groups excluding carboxylic acids is 1. The molecule has 3 nitrogen and oxygen atoms in total. The highest BCUT2D eigenvalue weighted by Gasteiger charge is 2.41. The fraction of sp³-hybridized carbons (Fsp3) is 0.706. The molecule has 3 atom stereocenters. The first-order valence-electron chi connectivity index (χ1n) is 7.87. The molecule has 0 aromatic rings. The summed E-state index contributed by atoms with van der Waals surface area (Å²) in [5.74, 6) is -0.280. The Balaban J connectivity index is 2.23. The van der Waals surface area contributed by atoms with Gasteiger partial charge in [0.25, 0.3) is 0 Å². The van der Waals surface area contributed by atoms with Crippen LogP contribution in [0.4, 0.5) is 0 Å². The lowest BCUT2D eigenvalue weighted by atomic mass is 9.86. The Morgan fingerprint density at radius 1 is 1.50 bits per heavy atom. The molecule has 2 rings (SSSR count). The van der Waals surface area contributed by atoms with E-state index in [-0.39, 0.29) is 23.3 Å². The van der Waals surface area contributed by atoms with Gasteiger partial charge in [0.05, 0.1) is 10.8 Å². The molecule has 2 aliphatic rings. The molecule has 124 valence electrons. The molecule has 1 aliphatic heterocycles. The summed E-state index contributed by atoms with van der Waals surface area (Å²) in [7, 11) is 0. The van der Waals surface area contributed by atoms with Gasteiger partial charge in [-0.2, -0.15) is 0 Å². The van der Waals surface area contributed by atoms with Crippen LogP contribution in [0.2, 0.25) is 0 Å². The Kier molecular flexibility index (Phi) is 5.31. The molecule has 0 aromatic heterocycles. The largest absolute Gasteiger partial charge is 0.337 e. The number of hydrogen-bond acceptors (Lipinski definition) is 2. The number of allylic oxidation sites excluding steroid dienone is 3. The van der Waals surface area contributed by atoms with Crippen LogP contribution in [0.5, 0.6) is 0 Å². The highest BCUT2D eigenvalue weighted by molar-refractivity contribution is 6.34. The second kappa shape index (κ2) is 6.54. The van der Waals surface area contributed by atoms with Crippen LogP contribution < -0.4 is 5.32 Å². The van der Waals surface area contributed by atoms with Gasteiger partial charge in [-0.1, -0.05) is 38.4 Å². The standard InChI is InChI=1S/C17H26Cl2N2O/c1-16(2,3)11-21(13-7-8-20-10-13)15(22)14-6-5-12(18)9-17(14,4)19/h5-6,9,13-14,20H,7-8,10-11H2,1-4H3. The van der Waals surface area contributed by atoms with E-state index >= 15 is 0 Å². The van der Waals surface area contributed by atoms with Gasteiger partial charge in [-0.3, -0.25) is 4.79 Å². The molecule has 1 saturated heterocycles.